The monoisotopic (exact) mass is 508 g/mol. The van der Waals surface area contributed by atoms with E-state index in [1.165, 1.54) is 11.1 Å². The fraction of sp³-hybridized carbons (Fsp3) is 0.188. The van der Waals surface area contributed by atoms with E-state index >= 15 is 0 Å². The van der Waals surface area contributed by atoms with Gasteiger partial charge >= 0.3 is 0 Å². The Labute approximate surface area is 220 Å². The lowest BCUT2D eigenvalue weighted by Gasteiger charge is -2.06. The first kappa shape index (κ1) is 26.2. The zero-order valence-electron chi connectivity index (χ0n) is 21.7. The normalized spacial score (nSPS) is 12.3. The van der Waals surface area contributed by atoms with E-state index in [0.29, 0.717) is 23.2 Å². The van der Waals surface area contributed by atoms with E-state index in [0.717, 1.165) is 11.1 Å². The van der Waals surface area contributed by atoms with Crippen molar-refractivity contribution in [3.63, 3.8) is 0 Å². The molecule has 0 bridgehead atoms. The van der Waals surface area contributed by atoms with Crippen LogP contribution < -0.4 is 0 Å². The summed E-state index contributed by atoms with van der Waals surface area (Å²) in [6.45, 7) is 8.65. The van der Waals surface area contributed by atoms with Crippen LogP contribution in [-0.2, 0) is 9.84 Å². The van der Waals surface area contributed by atoms with Crippen molar-refractivity contribution >= 4 is 33.6 Å². The maximum Gasteiger partial charge on any atom is 0.206 e. The van der Waals surface area contributed by atoms with Crippen molar-refractivity contribution in [3.05, 3.63) is 119 Å². The highest BCUT2D eigenvalue weighted by Gasteiger charge is 2.17. The van der Waals surface area contributed by atoms with E-state index in [2.05, 4.69) is 61.9 Å². The molecule has 0 saturated carbocycles. The third kappa shape index (κ3) is 6.69. The smallest absolute Gasteiger partial charge is 0.206 e. The Morgan fingerprint density at radius 2 is 0.838 bits per heavy atom. The van der Waals surface area contributed by atoms with E-state index in [9.17, 15) is 8.42 Å². The summed E-state index contributed by atoms with van der Waals surface area (Å²) < 4.78 is 26.2. The van der Waals surface area contributed by atoms with E-state index in [1.807, 2.05) is 24.3 Å². The molecule has 5 heteroatoms. The molecule has 4 aromatic rings. The van der Waals surface area contributed by atoms with Crippen LogP contribution in [0.1, 0.15) is 61.8 Å². The maximum atomic E-state index is 13.1. The molecule has 0 amide bonds. The largest absolute Gasteiger partial charge is 0.256 e. The van der Waals surface area contributed by atoms with Crippen molar-refractivity contribution in [2.75, 3.05) is 0 Å². The standard InChI is InChI=1S/C32H32N2O2S/c1-23(2)27-9-5-25(6-10-27)21-33-29-13-17-31(18-14-29)37(35,36)32-19-15-30(16-20-32)34-22-26-7-11-28(12-8-26)24(3)4/h5-24H,1-4H3. The molecule has 4 nitrogen and oxygen atoms in total. The predicted octanol–water partition coefficient (Wildman–Crippen LogP) is 8.27. The molecule has 0 aliphatic carbocycles. The molecular formula is C32H32N2O2S. The minimum atomic E-state index is -3.64. The molecule has 0 fully saturated rings. The van der Waals surface area contributed by atoms with Gasteiger partial charge in [0, 0.05) is 12.4 Å². The molecule has 188 valence electrons. The van der Waals surface area contributed by atoms with Crippen LogP contribution in [-0.4, -0.2) is 20.8 Å². The van der Waals surface area contributed by atoms with Gasteiger partial charge in [-0.1, -0.05) is 76.2 Å². The summed E-state index contributed by atoms with van der Waals surface area (Å²) in [5.74, 6) is 0.967. The molecule has 4 rings (SSSR count). The van der Waals surface area contributed by atoms with Gasteiger partial charge in [-0.05, 0) is 82.6 Å². The van der Waals surface area contributed by atoms with Gasteiger partial charge < -0.3 is 0 Å². The first-order valence-corrected chi connectivity index (χ1v) is 13.9. The quantitative estimate of drug-likeness (QED) is 0.225. The van der Waals surface area contributed by atoms with Crippen molar-refractivity contribution in [2.24, 2.45) is 9.98 Å². The Hall–Kier alpha value is -3.83. The number of rotatable bonds is 8. The molecule has 0 aliphatic rings. The van der Waals surface area contributed by atoms with Crippen LogP contribution in [0.15, 0.2) is 117 Å². The molecule has 0 unspecified atom stereocenters. The SMILES string of the molecule is CC(C)c1ccc(C=Nc2ccc(S(=O)(=O)c3ccc(N=Cc4ccc(C(C)C)cc4)cc3)cc2)cc1. The number of hydrogen-bond donors (Lipinski definition) is 0. The van der Waals surface area contributed by atoms with Crippen molar-refractivity contribution in [3.8, 4) is 0 Å². The Morgan fingerprint density at radius 3 is 1.14 bits per heavy atom. The lowest BCUT2D eigenvalue weighted by atomic mass is 10.0. The van der Waals surface area contributed by atoms with Gasteiger partial charge in [-0.2, -0.15) is 0 Å². The van der Waals surface area contributed by atoms with Gasteiger partial charge in [0.15, 0.2) is 0 Å². The van der Waals surface area contributed by atoms with Crippen LogP contribution in [0.2, 0.25) is 0 Å². The van der Waals surface area contributed by atoms with Gasteiger partial charge in [-0.25, -0.2) is 8.42 Å². The Morgan fingerprint density at radius 1 is 0.514 bits per heavy atom. The molecule has 0 spiro atoms. The Kier molecular flexibility index (Phi) is 8.14. The first-order chi connectivity index (χ1) is 17.7. The average molecular weight is 509 g/mol. The van der Waals surface area contributed by atoms with Crippen LogP contribution in [0.3, 0.4) is 0 Å². The van der Waals surface area contributed by atoms with Crippen LogP contribution in [0, 0.1) is 0 Å². The highest BCUT2D eigenvalue weighted by Crippen LogP contribution is 2.25. The van der Waals surface area contributed by atoms with Crippen molar-refractivity contribution in [2.45, 2.75) is 49.3 Å². The molecular weight excluding hydrogens is 476 g/mol. The van der Waals surface area contributed by atoms with Gasteiger partial charge in [0.1, 0.15) is 0 Å². The highest BCUT2D eigenvalue weighted by atomic mass is 32.2. The second-order valence-electron chi connectivity index (χ2n) is 9.65. The minimum absolute atomic E-state index is 0.231. The first-order valence-electron chi connectivity index (χ1n) is 12.5. The van der Waals surface area contributed by atoms with Crippen molar-refractivity contribution < 1.29 is 8.42 Å². The van der Waals surface area contributed by atoms with Gasteiger partial charge in [0.05, 0.1) is 21.2 Å². The Balaban J connectivity index is 1.43. The number of sulfone groups is 1. The molecule has 37 heavy (non-hydrogen) atoms. The molecule has 0 atom stereocenters. The lowest BCUT2D eigenvalue weighted by molar-refractivity contribution is 0.596. The number of aliphatic imine (C=N–C) groups is 2. The second-order valence-corrected chi connectivity index (χ2v) is 11.6. The van der Waals surface area contributed by atoms with E-state index in [4.69, 9.17) is 0 Å². The lowest BCUT2D eigenvalue weighted by Crippen LogP contribution is -2.01. The number of hydrogen-bond acceptors (Lipinski definition) is 4. The predicted molar refractivity (Wildman–Crippen MR) is 154 cm³/mol. The zero-order chi connectivity index (χ0) is 26.4. The molecule has 4 aromatic carbocycles. The van der Waals surface area contributed by atoms with Crippen molar-refractivity contribution in [1.29, 1.82) is 0 Å². The molecule has 0 radical (unpaired) electrons. The summed E-state index contributed by atoms with van der Waals surface area (Å²) in [6.07, 6.45) is 3.57. The van der Waals surface area contributed by atoms with Crippen LogP contribution in [0.4, 0.5) is 11.4 Å². The molecule has 0 heterocycles. The van der Waals surface area contributed by atoms with E-state index in [1.54, 1.807) is 61.0 Å². The summed E-state index contributed by atoms with van der Waals surface area (Å²) in [5, 5.41) is 0. The second kappa shape index (κ2) is 11.5. The summed E-state index contributed by atoms with van der Waals surface area (Å²) in [7, 11) is -3.64. The summed E-state index contributed by atoms with van der Waals surface area (Å²) in [5.41, 5.74) is 5.94. The fourth-order valence-electron chi connectivity index (χ4n) is 3.79. The number of nitrogens with zero attached hydrogens (tertiary/aromatic N) is 2. The van der Waals surface area contributed by atoms with Crippen molar-refractivity contribution in [1.82, 2.24) is 0 Å². The fourth-order valence-corrected chi connectivity index (χ4v) is 5.05. The zero-order valence-corrected chi connectivity index (χ0v) is 22.5. The van der Waals surface area contributed by atoms with Gasteiger partial charge in [0.2, 0.25) is 9.84 Å². The topological polar surface area (TPSA) is 58.9 Å². The average Bonchev–Trinajstić information content (AvgIpc) is 2.91. The van der Waals surface area contributed by atoms with Crippen LogP contribution in [0.5, 0.6) is 0 Å². The van der Waals surface area contributed by atoms with Gasteiger partial charge in [-0.3, -0.25) is 9.98 Å². The highest BCUT2D eigenvalue weighted by molar-refractivity contribution is 7.91. The maximum absolute atomic E-state index is 13.1. The molecule has 0 aliphatic heterocycles. The molecule has 0 saturated heterocycles. The van der Waals surface area contributed by atoms with E-state index in [-0.39, 0.29) is 9.79 Å². The third-order valence-electron chi connectivity index (χ3n) is 6.23. The van der Waals surface area contributed by atoms with Crippen LogP contribution in [0.25, 0.3) is 0 Å². The summed E-state index contributed by atoms with van der Waals surface area (Å²) in [4.78, 5) is 9.42. The van der Waals surface area contributed by atoms with Gasteiger partial charge in [0.25, 0.3) is 0 Å². The minimum Gasteiger partial charge on any atom is -0.256 e. The summed E-state index contributed by atoms with van der Waals surface area (Å²) in [6, 6.07) is 29.8. The van der Waals surface area contributed by atoms with Crippen LogP contribution >= 0.6 is 0 Å². The molecule has 0 aromatic heterocycles. The summed E-state index contributed by atoms with van der Waals surface area (Å²) >= 11 is 0. The molecule has 0 N–H and O–H groups in total. The van der Waals surface area contributed by atoms with E-state index < -0.39 is 9.84 Å². The van der Waals surface area contributed by atoms with Gasteiger partial charge in [-0.15, -0.1) is 0 Å². The third-order valence-corrected chi connectivity index (χ3v) is 8.01. The number of benzene rings is 4. The Bertz CT molecular complexity index is 1370.